The van der Waals surface area contributed by atoms with Crippen LogP contribution in [-0.4, -0.2) is 32.3 Å². The predicted molar refractivity (Wildman–Crippen MR) is 141 cm³/mol. The SMILES string of the molecule is Cc1ccc(/C=C/C(=O)c2ccc(S(=O)(=O)NCCNc3cncc4cc(Cl)ccc34)cc2)cc1. The molecule has 178 valence electrons. The lowest BCUT2D eigenvalue weighted by atomic mass is 10.1. The number of carbonyl (C=O) groups is 1. The maximum Gasteiger partial charge on any atom is 0.240 e. The second kappa shape index (κ2) is 10.8. The molecule has 0 bridgehead atoms. The molecule has 8 heteroatoms. The van der Waals surface area contributed by atoms with Crippen LogP contribution in [-0.2, 0) is 10.0 Å². The van der Waals surface area contributed by atoms with E-state index in [0.29, 0.717) is 17.1 Å². The number of hydrogen-bond donors (Lipinski definition) is 2. The molecular weight excluding hydrogens is 482 g/mol. The Kier molecular flexibility index (Phi) is 7.60. The minimum atomic E-state index is -3.72. The van der Waals surface area contributed by atoms with Gasteiger partial charge in [-0.05, 0) is 55.0 Å². The molecule has 0 atom stereocenters. The van der Waals surface area contributed by atoms with Crippen molar-refractivity contribution in [1.29, 1.82) is 0 Å². The first-order valence-electron chi connectivity index (χ1n) is 11.0. The van der Waals surface area contributed by atoms with Gasteiger partial charge < -0.3 is 5.32 Å². The summed E-state index contributed by atoms with van der Waals surface area (Å²) in [5.41, 5.74) is 3.27. The van der Waals surface area contributed by atoms with Gasteiger partial charge in [0.2, 0.25) is 10.0 Å². The zero-order chi connectivity index (χ0) is 24.8. The van der Waals surface area contributed by atoms with Gasteiger partial charge in [-0.3, -0.25) is 9.78 Å². The third kappa shape index (κ3) is 6.33. The van der Waals surface area contributed by atoms with Crippen molar-refractivity contribution >= 4 is 49.9 Å². The molecule has 0 aliphatic carbocycles. The second-order valence-corrected chi connectivity index (χ2v) is 10.2. The summed E-state index contributed by atoms with van der Waals surface area (Å²) >= 11 is 6.03. The summed E-state index contributed by atoms with van der Waals surface area (Å²) in [6, 6.07) is 19.2. The zero-order valence-corrected chi connectivity index (χ0v) is 20.6. The number of rotatable bonds is 9. The van der Waals surface area contributed by atoms with Crippen LogP contribution in [0.15, 0.2) is 90.1 Å². The van der Waals surface area contributed by atoms with Crippen LogP contribution in [0.1, 0.15) is 21.5 Å². The number of anilines is 1. The fraction of sp³-hybridized carbons (Fsp3) is 0.111. The number of allylic oxidation sites excluding steroid dienone is 1. The topological polar surface area (TPSA) is 88.2 Å². The van der Waals surface area contributed by atoms with Crippen LogP contribution in [0.25, 0.3) is 16.8 Å². The molecule has 0 unspecified atom stereocenters. The molecule has 4 aromatic rings. The van der Waals surface area contributed by atoms with Gasteiger partial charge in [-0.25, -0.2) is 13.1 Å². The number of nitrogens with one attached hydrogen (secondary N) is 2. The Morgan fingerprint density at radius 2 is 1.71 bits per heavy atom. The maximum absolute atomic E-state index is 12.6. The van der Waals surface area contributed by atoms with E-state index < -0.39 is 10.0 Å². The van der Waals surface area contributed by atoms with Crippen molar-refractivity contribution in [1.82, 2.24) is 9.71 Å². The highest BCUT2D eigenvalue weighted by molar-refractivity contribution is 7.89. The highest BCUT2D eigenvalue weighted by atomic mass is 35.5. The average Bonchev–Trinajstić information content (AvgIpc) is 2.86. The lowest BCUT2D eigenvalue weighted by Crippen LogP contribution is -2.29. The van der Waals surface area contributed by atoms with E-state index in [1.165, 1.54) is 30.3 Å². The van der Waals surface area contributed by atoms with Gasteiger partial charge in [0.05, 0.1) is 16.8 Å². The van der Waals surface area contributed by atoms with Crippen molar-refractivity contribution in [2.45, 2.75) is 11.8 Å². The molecule has 0 radical (unpaired) electrons. The van der Waals surface area contributed by atoms with E-state index in [1.807, 2.05) is 43.3 Å². The third-order valence-corrected chi connectivity index (χ3v) is 7.12. The smallest absolute Gasteiger partial charge is 0.240 e. The molecule has 4 rings (SSSR count). The van der Waals surface area contributed by atoms with Crippen molar-refractivity contribution in [2.75, 3.05) is 18.4 Å². The molecule has 0 saturated carbocycles. The molecule has 3 aromatic carbocycles. The standard InChI is InChI=1S/C27H24ClN3O3S/c1-19-2-4-20(5-3-19)6-13-27(32)21-7-10-24(11-8-21)35(33,34)31-15-14-30-26-18-29-17-22-16-23(28)9-12-25(22)26/h2-13,16-18,30-31H,14-15H2,1H3/b13-6+. The number of aromatic nitrogens is 1. The molecular formula is C27H24ClN3O3S. The first kappa shape index (κ1) is 24.6. The lowest BCUT2D eigenvalue weighted by molar-refractivity contribution is 0.104. The molecule has 0 aliphatic rings. The number of carbonyl (C=O) groups excluding carboxylic acids is 1. The molecule has 1 heterocycles. The van der Waals surface area contributed by atoms with Gasteiger partial charge in [0.1, 0.15) is 0 Å². The van der Waals surface area contributed by atoms with E-state index in [2.05, 4.69) is 15.0 Å². The van der Waals surface area contributed by atoms with Gasteiger partial charge in [0.25, 0.3) is 0 Å². The molecule has 1 aromatic heterocycles. The summed E-state index contributed by atoms with van der Waals surface area (Å²) in [6.45, 7) is 2.54. The van der Waals surface area contributed by atoms with E-state index in [1.54, 1.807) is 24.5 Å². The van der Waals surface area contributed by atoms with Crippen LogP contribution < -0.4 is 10.0 Å². The first-order valence-corrected chi connectivity index (χ1v) is 12.8. The van der Waals surface area contributed by atoms with Gasteiger partial charge in [-0.1, -0.05) is 53.6 Å². The van der Waals surface area contributed by atoms with E-state index in [4.69, 9.17) is 11.6 Å². The fourth-order valence-corrected chi connectivity index (χ4v) is 4.71. The Bertz CT molecular complexity index is 1480. The first-order chi connectivity index (χ1) is 16.8. The number of pyridine rings is 1. The Hall–Kier alpha value is -3.52. The fourth-order valence-electron chi connectivity index (χ4n) is 3.50. The Morgan fingerprint density at radius 3 is 2.46 bits per heavy atom. The van der Waals surface area contributed by atoms with Crippen molar-refractivity contribution in [3.63, 3.8) is 0 Å². The highest BCUT2D eigenvalue weighted by Gasteiger charge is 2.14. The lowest BCUT2D eigenvalue weighted by Gasteiger charge is -2.11. The largest absolute Gasteiger partial charge is 0.382 e. The minimum absolute atomic E-state index is 0.0954. The number of aryl methyl sites for hydroxylation is 1. The van der Waals surface area contributed by atoms with Gasteiger partial charge in [0.15, 0.2) is 5.78 Å². The van der Waals surface area contributed by atoms with Crippen LogP contribution in [0.5, 0.6) is 0 Å². The van der Waals surface area contributed by atoms with Crippen molar-refractivity contribution in [3.05, 3.63) is 107 Å². The maximum atomic E-state index is 12.6. The quantitative estimate of drug-likeness (QED) is 0.178. The summed E-state index contributed by atoms with van der Waals surface area (Å²) in [5.74, 6) is -0.198. The number of fused-ring (bicyclic) bond motifs is 1. The molecule has 6 nitrogen and oxygen atoms in total. The Balaban J connectivity index is 1.33. The molecule has 0 aliphatic heterocycles. The van der Waals surface area contributed by atoms with E-state index in [-0.39, 0.29) is 17.2 Å². The van der Waals surface area contributed by atoms with Gasteiger partial charge in [-0.15, -0.1) is 0 Å². The molecule has 0 spiro atoms. The van der Waals surface area contributed by atoms with E-state index in [9.17, 15) is 13.2 Å². The minimum Gasteiger partial charge on any atom is -0.382 e. The highest BCUT2D eigenvalue weighted by Crippen LogP contribution is 2.24. The molecule has 0 saturated heterocycles. The predicted octanol–water partition coefficient (Wildman–Crippen LogP) is 5.48. The van der Waals surface area contributed by atoms with Crippen LogP contribution in [0.2, 0.25) is 5.02 Å². The van der Waals surface area contributed by atoms with Crippen LogP contribution in [0, 0.1) is 6.92 Å². The van der Waals surface area contributed by atoms with Crippen molar-refractivity contribution in [3.8, 4) is 0 Å². The Morgan fingerprint density at radius 1 is 0.971 bits per heavy atom. The van der Waals surface area contributed by atoms with E-state index >= 15 is 0 Å². The van der Waals surface area contributed by atoms with Crippen LogP contribution >= 0.6 is 11.6 Å². The van der Waals surface area contributed by atoms with Crippen LogP contribution in [0.4, 0.5) is 5.69 Å². The van der Waals surface area contributed by atoms with E-state index in [0.717, 1.165) is 27.6 Å². The number of ketones is 1. The number of nitrogens with zero attached hydrogens (tertiary/aromatic N) is 1. The number of hydrogen-bond acceptors (Lipinski definition) is 5. The normalized spacial score (nSPS) is 11.7. The second-order valence-electron chi connectivity index (χ2n) is 8.01. The molecule has 2 N–H and O–H groups in total. The number of sulfonamides is 1. The molecule has 35 heavy (non-hydrogen) atoms. The molecule has 0 amide bonds. The summed E-state index contributed by atoms with van der Waals surface area (Å²) < 4.78 is 27.9. The Labute approximate surface area is 209 Å². The third-order valence-electron chi connectivity index (χ3n) is 5.41. The summed E-state index contributed by atoms with van der Waals surface area (Å²) in [7, 11) is -3.72. The average molecular weight is 506 g/mol. The van der Waals surface area contributed by atoms with Gasteiger partial charge >= 0.3 is 0 Å². The van der Waals surface area contributed by atoms with Crippen molar-refractivity contribution < 1.29 is 13.2 Å². The monoisotopic (exact) mass is 505 g/mol. The summed E-state index contributed by atoms with van der Waals surface area (Å²) in [6.07, 6.45) is 6.63. The van der Waals surface area contributed by atoms with Gasteiger partial charge in [0, 0.05) is 40.6 Å². The number of benzene rings is 3. The molecule has 0 fully saturated rings. The van der Waals surface area contributed by atoms with Crippen molar-refractivity contribution in [2.24, 2.45) is 0 Å². The van der Waals surface area contributed by atoms with Crippen LogP contribution in [0.3, 0.4) is 0 Å². The zero-order valence-electron chi connectivity index (χ0n) is 19.0. The number of halogens is 1. The van der Waals surface area contributed by atoms with Gasteiger partial charge in [-0.2, -0.15) is 0 Å². The summed E-state index contributed by atoms with van der Waals surface area (Å²) in [4.78, 5) is 16.7. The summed E-state index contributed by atoms with van der Waals surface area (Å²) in [5, 5.41) is 5.67.